The highest BCUT2D eigenvalue weighted by Gasteiger charge is 2.43. The lowest BCUT2D eigenvalue weighted by molar-refractivity contribution is -0.122. The Labute approximate surface area is 96.2 Å². The first-order valence-electron chi connectivity index (χ1n) is 6.03. The van der Waals surface area contributed by atoms with Crippen molar-refractivity contribution in [2.45, 2.75) is 31.6 Å². The van der Waals surface area contributed by atoms with Crippen molar-refractivity contribution in [3.63, 3.8) is 0 Å². The van der Waals surface area contributed by atoms with E-state index in [1.807, 2.05) is 0 Å². The van der Waals surface area contributed by atoms with Gasteiger partial charge in [0.15, 0.2) is 0 Å². The molecule has 1 saturated carbocycles. The number of Topliss-reactive ketones (excluding diaryl/α,β-unsaturated/α-hetero) is 1. The topological polar surface area (TPSA) is 17.1 Å². The smallest absolute Gasteiger partial charge is 0.134 e. The minimum absolute atomic E-state index is 0.00588. The number of allylic oxidation sites excluding steroid dienone is 1. The first-order valence-corrected chi connectivity index (χ1v) is 6.03. The minimum Gasteiger partial charge on any atom is -0.300 e. The van der Waals surface area contributed by atoms with Gasteiger partial charge in [0.2, 0.25) is 0 Å². The summed E-state index contributed by atoms with van der Waals surface area (Å²) in [5.41, 5.74) is 2.66. The van der Waals surface area contributed by atoms with Crippen LogP contribution < -0.4 is 0 Å². The first kappa shape index (κ1) is 9.83. The van der Waals surface area contributed by atoms with Crippen LogP contribution in [-0.4, -0.2) is 5.78 Å². The SMILES string of the molecule is CC1CCC(=O)CC12C=Cc1ccccc12. The van der Waals surface area contributed by atoms with Crippen LogP contribution in [0.1, 0.15) is 37.3 Å². The van der Waals surface area contributed by atoms with Crippen molar-refractivity contribution in [3.8, 4) is 0 Å². The van der Waals surface area contributed by atoms with Crippen molar-refractivity contribution in [2.75, 3.05) is 0 Å². The van der Waals surface area contributed by atoms with E-state index in [-0.39, 0.29) is 5.41 Å². The third-order valence-corrected chi connectivity index (χ3v) is 4.25. The Morgan fingerprint density at radius 1 is 1.31 bits per heavy atom. The average molecular weight is 212 g/mol. The summed E-state index contributed by atoms with van der Waals surface area (Å²) in [4.78, 5) is 11.7. The number of hydrogen-bond acceptors (Lipinski definition) is 1. The van der Waals surface area contributed by atoms with E-state index in [9.17, 15) is 4.79 Å². The predicted molar refractivity (Wildman–Crippen MR) is 65.2 cm³/mol. The molecule has 3 rings (SSSR count). The molecule has 1 fully saturated rings. The van der Waals surface area contributed by atoms with Gasteiger partial charge >= 0.3 is 0 Å². The van der Waals surface area contributed by atoms with E-state index in [0.29, 0.717) is 18.1 Å². The zero-order valence-corrected chi connectivity index (χ0v) is 9.57. The fourth-order valence-corrected chi connectivity index (χ4v) is 3.20. The third-order valence-electron chi connectivity index (χ3n) is 4.25. The second kappa shape index (κ2) is 3.31. The van der Waals surface area contributed by atoms with Gasteiger partial charge in [-0.15, -0.1) is 0 Å². The summed E-state index contributed by atoms with van der Waals surface area (Å²) in [6.45, 7) is 2.28. The Bertz CT molecular complexity index is 472. The van der Waals surface area contributed by atoms with Crippen LogP contribution in [-0.2, 0) is 10.2 Å². The molecule has 2 unspecified atom stereocenters. The van der Waals surface area contributed by atoms with E-state index >= 15 is 0 Å². The van der Waals surface area contributed by atoms with Crippen molar-refractivity contribution in [1.82, 2.24) is 0 Å². The van der Waals surface area contributed by atoms with Gasteiger partial charge in [-0.05, 0) is 23.5 Å². The van der Waals surface area contributed by atoms with Gasteiger partial charge in [0.1, 0.15) is 5.78 Å². The molecule has 0 aromatic heterocycles. The number of rotatable bonds is 0. The van der Waals surface area contributed by atoms with E-state index in [0.717, 1.165) is 12.8 Å². The van der Waals surface area contributed by atoms with Crippen LogP contribution in [0.5, 0.6) is 0 Å². The van der Waals surface area contributed by atoms with Gasteiger partial charge in [-0.2, -0.15) is 0 Å². The average Bonchev–Trinajstić information content (AvgIpc) is 2.65. The fraction of sp³-hybridized carbons (Fsp3) is 0.400. The summed E-state index contributed by atoms with van der Waals surface area (Å²) >= 11 is 0. The van der Waals surface area contributed by atoms with Gasteiger partial charge in [-0.25, -0.2) is 0 Å². The van der Waals surface area contributed by atoms with Crippen LogP contribution in [0.3, 0.4) is 0 Å². The molecule has 0 bridgehead atoms. The van der Waals surface area contributed by atoms with Gasteiger partial charge in [0, 0.05) is 18.3 Å². The molecular formula is C15H16O. The maximum Gasteiger partial charge on any atom is 0.134 e. The van der Waals surface area contributed by atoms with Crippen molar-refractivity contribution >= 4 is 11.9 Å². The van der Waals surface area contributed by atoms with Crippen molar-refractivity contribution in [2.24, 2.45) is 5.92 Å². The molecule has 0 saturated heterocycles. The van der Waals surface area contributed by atoms with Crippen molar-refractivity contribution < 1.29 is 4.79 Å². The summed E-state index contributed by atoms with van der Waals surface area (Å²) in [6, 6.07) is 8.48. The Balaban J connectivity index is 2.12. The molecule has 0 amide bonds. The standard InChI is InChI=1S/C15H16O/c1-11-6-7-13(16)10-15(11)9-8-12-4-2-3-5-14(12)15/h2-5,8-9,11H,6-7,10H2,1H3. The highest BCUT2D eigenvalue weighted by molar-refractivity contribution is 5.83. The predicted octanol–water partition coefficient (Wildman–Crippen LogP) is 3.34. The molecule has 82 valence electrons. The molecule has 0 radical (unpaired) electrons. The van der Waals surface area contributed by atoms with E-state index in [1.54, 1.807) is 0 Å². The van der Waals surface area contributed by atoms with Gasteiger partial charge in [-0.3, -0.25) is 4.79 Å². The van der Waals surface area contributed by atoms with E-state index in [2.05, 4.69) is 43.3 Å². The molecule has 0 N–H and O–H groups in total. The lowest BCUT2D eigenvalue weighted by Gasteiger charge is -2.38. The monoisotopic (exact) mass is 212 g/mol. The van der Waals surface area contributed by atoms with Crippen LogP contribution in [0.4, 0.5) is 0 Å². The van der Waals surface area contributed by atoms with E-state index < -0.39 is 0 Å². The normalized spacial score (nSPS) is 32.1. The number of benzene rings is 1. The Morgan fingerprint density at radius 3 is 3.00 bits per heavy atom. The zero-order chi connectivity index (χ0) is 11.2. The number of carbonyl (C=O) groups excluding carboxylic acids is 1. The van der Waals surface area contributed by atoms with Crippen LogP contribution in [0, 0.1) is 5.92 Å². The molecule has 2 aliphatic carbocycles. The zero-order valence-electron chi connectivity index (χ0n) is 9.57. The molecule has 0 aliphatic heterocycles. The summed E-state index contributed by atoms with van der Waals surface area (Å²) in [7, 11) is 0. The molecular weight excluding hydrogens is 196 g/mol. The number of ketones is 1. The molecule has 1 spiro atoms. The van der Waals surface area contributed by atoms with Gasteiger partial charge in [0.25, 0.3) is 0 Å². The van der Waals surface area contributed by atoms with Crippen LogP contribution >= 0.6 is 0 Å². The maximum absolute atomic E-state index is 11.7. The molecule has 1 aromatic carbocycles. The summed E-state index contributed by atoms with van der Waals surface area (Å²) in [5, 5.41) is 0. The minimum atomic E-state index is 0.00588. The van der Waals surface area contributed by atoms with Crippen LogP contribution in [0.2, 0.25) is 0 Å². The van der Waals surface area contributed by atoms with E-state index in [1.165, 1.54) is 11.1 Å². The molecule has 2 atom stereocenters. The lowest BCUT2D eigenvalue weighted by Crippen LogP contribution is -2.37. The number of fused-ring (bicyclic) bond motifs is 2. The lowest BCUT2D eigenvalue weighted by atomic mass is 9.64. The third kappa shape index (κ3) is 1.21. The largest absolute Gasteiger partial charge is 0.300 e. The highest BCUT2D eigenvalue weighted by atomic mass is 16.1. The Morgan fingerprint density at radius 2 is 2.12 bits per heavy atom. The summed E-state index contributed by atoms with van der Waals surface area (Å²) < 4.78 is 0. The van der Waals surface area contributed by atoms with Crippen molar-refractivity contribution in [3.05, 3.63) is 41.5 Å². The first-order chi connectivity index (χ1) is 7.72. The second-order valence-corrected chi connectivity index (χ2v) is 5.12. The van der Waals surface area contributed by atoms with Gasteiger partial charge < -0.3 is 0 Å². The molecule has 1 aromatic rings. The number of hydrogen-bond donors (Lipinski definition) is 0. The van der Waals surface area contributed by atoms with Gasteiger partial charge in [0.05, 0.1) is 0 Å². The Kier molecular flexibility index (Phi) is 2.03. The molecule has 16 heavy (non-hydrogen) atoms. The van der Waals surface area contributed by atoms with Crippen LogP contribution in [0.25, 0.3) is 6.08 Å². The fourth-order valence-electron chi connectivity index (χ4n) is 3.20. The summed E-state index contributed by atoms with van der Waals surface area (Å²) in [6.07, 6.45) is 6.93. The quantitative estimate of drug-likeness (QED) is 0.644. The molecule has 1 heteroatoms. The summed E-state index contributed by atoms with van der Waals surface area (Å²) in [5.74, 6) is 0.990. The molecule has 0 heterocycles. The maximum atomic E-state index is 11.7. The second-order valence-electron chi connectivity index (χ2n) is 5.12. The molecule has 2 aliphatic rings. The van der Waals surface area contributed by atoms with Crippen molar-refractivity contribution in [1.29, 1.82) is 0 Å². The van der Waals surface area contributed by atoms with Crippen LogP contribution in [0.15, 0.2) is 30.3 Å². The molecule has 1 nitrogen and oxygen atoms in total. The van der Waals surface area contributed by atoms with E-state index in [4.69, 9.17) is 0 Å². The van der Waals surface area contributed by atoms with Gasteiger partial charge in [-0.1, -0.05) is 43.3 Å². The number of carbonyl (C=O) groups is 1. The Hall–Kier alpha value is -1.37. The highest BCUT2D eigenvalue weighted by Crippen LogP contribution is 2.48.